The molecule has 3 aromatic rings. The van der Waals surface area contributed by atoms with Gasteiger partial charge in [0, 0.05) is 15.7 Å². The molecule has 0 aliphatic carbocycles. The van der Waals surface area contributed by atoms with Crippen LogP contribution in [0.3, 0.4) is 0 Å². The summed E-state index contributed by atoms with van der Waals surface area (Å²) in [4.78, 5) is 24.3. The second-order valence-corrected chi connectivity index (χ2v) is 6.19. The quantitative estimate of drug-likeness (QED) is 0.658. The smallest absolute Gasteiger partial charge is 0.277 e. The fourth-order valence-corrected chi connectivity index (χ4v) is 2.71. The molecule has 116 valence electrons. The average molecular weight is 420 g/mol. The monoisotopic (exact) mass is 420 g/mol. The molecule has 0 bridgehead atoms. The van der Waals surface area contributed by atoms with Crippen LogP contribution in [0.15, 0.2) is 53.3 Å². The number of nitrogens with zero attached hydrogens (tertiary/aromatic N) is 3. The first kappa shape index (κ1) is 15.6. The largest absolute Gasteiger partial charge is 0.326 e. The lowest BCUT2D eigenvalue weighted by Gasteiger charge is -2.07. The Labute approximate surface area is 145 Å². The summed E-state index contributed by atoms with van der Waals surface area (Å²) in [7, 11) is 0. The molecule has 0 radical (unpaired) electrons. The van der Waals surface area contributed by atoms with Gasteiger partial charge < -0.3 is 5.32 Å². The third-order valence-electron chi connectivity index (χ3n) is 3.29. The SMILES string of the molecule is O=C(CCn1nnc2ccccc2c1=O)Nc1cccc(I)c1. The van der Waals surface area contributed by atoms with E-state index in [9.17, 15) is 9.59 Å². The molecule has 23 heavy (non-hydrogen) atoms. The number of carbonyl (C=O) groups is 1. The number of nitrogens with one attached hydrogen (secondary N) is 1. The molecule has 7 heteroatoms. The zero-order valence-electron chi connectivity index (χ0n) is 12.1. The Balaban J connectivity index is 1.70. The maximum atomic E-state index is 12.3. The van der Waals surface area contributed by atoms with E-state index in [1.54, 1.807) is 24.3 Å². The topological polar surface area (TPSA) is 76.9 Å². The minimum atomic E-state index is -0.238. The Morgan fingerprint density at radius 1 is 1.17 bits per heavy atom. The maximum Gasteiger partial charge on any atom is 0.277 e. The normalized spacial score (nSPS) is 10.7. The Hall–Kier alpha value is -2.29. The molecule has 2 aromatic carbocycles. The number of benzene rings is 2. The van der Waals surface area contributed by atoms with Gasteiger partial charge in [-0.2, -0.15) is 0 Å². The average Bonchev–Trinajstić information content (AvgIpc) is 2.54. The minimum Gasteiger partial charge on any atom is -0.326 e. The summed E-state index contributed by atoms with van der Waals surface area (Å²) < 4.78 is 2.26. The molecule has 1 heterocycles. The second-order valence-electron chi connectivity index (χ2n) is 4.94. The lowest BCUT2D eigenvalue weighted by Crippen LogP contribution is -2.26. The number of aromatic nitrogens is 3. The van der Waals surface area contributed by atoms with Gasteiger partial charge in [0.1, 0.15) is 5.52 Å². The van der Waals surface area contributed by atoms with E-state index in [0.717, 1.165) is 9.26 Å². The van der Waals surface area contributed by atoms with Crippen LogP contribution in [-0.4, -0.2) is 20.9 Å². The summed E-state index contributed by atoms with van der Waals surface area (Å²) in [6.07, 6.45) is 0.151. The Kier molecular flexibility index (Phi) is 4.65. The Morgan fingerprint density at radius 2 is 2.00 bits per heavy atom. The first-order chi connectivity index (χ1) is 11.1. The highest BCUT2D eigenvalue weighted by Gasteiger charge is 2.08. The number of anilines is 1. The molecule has 1 N–H and O–H groups in total. The number of fused-ring (bicyclic) bond motifs is 1. The predicted octanol–water partition coefficient (Wildman–Crippen LogP) is 2.42. The van der Waals surface area contributed by atoms with Gasteiger partial charge in [-0.05, 0) is 52.9 Å². The number of hydrogen-bond donors (Lipinski definition) is 1. The van der Waals surface area contributed by atoms with Crippen LogP contribution < -0.4 is 10.9 Å². The molecule has 0 saturated heterocycles. The van der Waals surface area contributed by atoms with E-state index in [0.29, 0.717) is 10.9 Å². The van der Waals surface area contributed by atoms with Crippen LogP contribution in [0.2, 0.25) is 0 Å². The second kappa shape index (κ2) is 6.86. The standard InChI is InChI=1S/C16H13IN4O2/c17-11-4-3-5-12(10-11)18-15(22)8-9-21-16(23)13-6-1-2-7-14(13)19-20-21/h1-7,10H,8-9H2,(H,18,22). The molecule has 0 fully saturated rings. The number of amides is 1. The van der Waals surface area contributed by atoms with Gasteiger partial charge in [-0.1, -0.05) is 23.4 Å². The highest BCUT2D eigenvalue weighted by atomic mass is 127. The molecule has 3 rings (SSSR count). The van der Waals surface area contributed by atoms with Crippen molar-refractivity contribution in [1.82, 2.24) is 15.0 Å². The summed E-state index contributed by atoms with van der Waals surface area (Å²) in [6.45, 7) is 0.187. The van der Waals surface area contributed by atoms with Crippen molar-refractivity contribution in [2.45, 2.75) is 13.0 Å². The van der Waals surface area contributed by atoms with Crippen LogP contribution in [0.1, 0.15) is 6.42 Å². The van der Waals surface area contributed by atoms with E-state index in [1.807, 2.05) is 24.3 Å². The number of rotatable bonds is 4. The molecule has 0 atom stereocenters. The molecular weight excluding hydrogens is 407 g/mol. The van der Waals surface area contributed by atoms with Crippen LogP contribution in [0.25, 0.3) is 10.9 Å². The van der Waals surface area contributed by atoms with Crippen LogP contribution in [0, 0.1) is 3.57 Å². The summed E-state index contributed by atoms with van der Waals surface area (Å²) in [5.41, 5.74) is 1.05. The van der Waals surface area contributed by atoms with Crippen LogP contribution in [0.5, 0.6) is 0 Å². The Bertz CT molecular complexity index is 923. The molecule has 1 aromatic heterocycles. The molecule has 0 spiro atoms. The molecule has 1 amide bonds. The number of hydrogen-bond acceptors (Lipinski definition) is 4. The van der Waals surface area contributed by atoms with Gasteiger partial charge in [-0.15, -0.1) is 5.10 Å². The van der Waals surface area contributed by atoms with Crippen molar-refractivity contribution in [3.05, 3.63) is 62.5 Å². The van der Waals surface area contributed by atoms with Crippen LogP contribution >= 0.6 is 22.6 Å². The summed E-state index contributed by atoms with van der Waals surface area (Å²) in [5.74, 6) is -0.172. The number of aryl methyl sites for hydroxylation is 1. The highest BCUT2D eigenvalue weighted by molar-refractivity contribution is 14.1. The van der Waals surface area contributed by atoms with Gasteiger partial charge in [-0.25, -0.2) is 4.68 Å². The van der Waals surface area contributed by atoms with Gasteiger partial charge >= 0.3 is 0 Å². The fourth-order valence-electron chi connectivity index (χ4n) is 2.17. The maximum absolute atomic E-state index is 12.3. The first-order valence-corrected chi connectivity index (χ1v) is 8.09. The molecule has 0 aliphatic heterocycles. The number of halogens is 1. The van der Waals surface area contributed by atoms with Crippen molar-refractivity contribution in [3.8, 4) is 0 Å². The summed E-state index contributed by atoms with van der Waals surface area (Å²) >= 11 is 2.18. The van der Waals surface area contributed by atoms with E-state index in [4.69, 9.17) is 0 Å². The van der Waals surface area contributed by atoms with Crippen molar-refractivity contribution in [1.29, 1.82) is 0 Å². The van der Waals surface area contributed by atoms with Crippen LogP contribution in [0.4, 0.5) is 5.69 Å². The highest BCUT2D eigenvalue weighted by Crippen LogP contribution is 2.12. The zero-order chi connectivity index (χ0) is 16.2. The van der Waals surface area contributed by atoms with Gasteiger partial charge in [-0.3, -0.25) is 9.59 Å². The Morgan fingerprint density at radius 3 is 2.83 bits per heavy atom. The van der Waals surface area contributed by atoms with E-state index < -0.39 is 0 Å². The van der Waals surface area contributed by atoms with Crippen molar-refractivity contribution in [3.63, 3.8) is 0 Å². The van der Waals surface area contributed by atoms with Gasteiger partial charge in [0.05, 0.1) is 11.9 Å². The van der Waals surface area contributed by atoms with Crippen molar-refractivity contribution in [2.24, 2.45) is 0 Å². The van der Waals surface area contributed by atoms with E-state index >= 15 is 0 Å². The minimum absolute atomic E-state index is 0.151. The summed E-state index contributed by atoms with van der Waals surface area (Å²) in [5, 5.41) is 11.2. The molecule has 0 saturated carbocycles. The van der Waals surface area contributed by atoms with Gasteiger partial charge in [0.25, 0.3) is 5.56 Å². The van der Waals surface area contributed by atoms with Crippen LogP contribution in [-0.2, 0) is 11.3 Å². The first-order valence-electron chi connectivity index (χ1n) is 7.01. The van der Waals surface area contributed by atoms with Crippen molar-refractivity contribution in [2.75, 3.05) is 5.32 Å². The van der Waals surface area contributed by atoms with E-state index in [-0.39, 0.29) is 24.4 Å². The third-order valence-corrected chi connectivity index (χ3v) is 3.96. The molecule has 0 aliphatic rings. The van der Waals surface area contributed by atoms with E-state index in [2.05, 4.69) is 38.2 Å². The molecule has 0 unspecified atom stereocenters. The zero-order valence-corrected chi connectivity index (χ0v) is 14.2. The van der Waals surface area contributed by atoms with E-state index in [1.165, 1.54) is 4.68 Å². The van der Waals surface area contributed by atoms with Gasteiger partial charge in [0.2, 0.25) is 5.91 Å². The predicted molar refractivity (Wildman–Crippen MR) is 96.2 cm³/mol. The van der Waals surface area contributed by atoms with Crippen molar-refractivity contribution < 1.29 is 4.79 Å². The molecule has 6 nitrogen and oxygen atoms in total. The lowest BCUT2D eigenvalue weighted by atomic mass is 10.2. The van der Waals surface area contributed by atoms with Crippen molar-refractivity contribution >= 4 is 45.1 Å². The van der Waals surface area contributed by atoms with Gasteiger partial charge in [0.15, 0.2) is 0 Å². The summed E-state index contributed by atoms with van der Waals surface area (Å²) in [6, 6.07) is 14.5. The molecular formula is C16H13IN4O2. The number of carbonyl (C=O) groups excluding carboxylic acids is 1. The lowest BCUT2D eigenvalue weighted by molar-refractivity contribution is -0.116. The fraction of sp³-hybridized carbons (Fsp3) is 0.125. The third kappa shape index (κ3) is 3.73.